The Morgan fingerprint density at radius 2 is 2.22 bits per heavy atom. The Labute approximate surface area is 135 Å². The number of hydrogen-bond acceptors (Lipinski definition) is 5. The number of fused-ring (bicyclic) bond motifs is 1. The van der Waals surface area contributed by atoms with Gasteiger partial charge in [0.2, 0.25) is 0 Å². The van der Waals surface area contributed by atoms with Crippen molar-refractivity contribution in [3.63, 3.8) is 0 Å². The van der Waals surface area contributed by atoms with E-state index in [0.29, 0.717) is 5.56 Å². The maximum Gasteiger partial charge on any atom is 0.253 e. The van der Waals surface area contributed by atoms with Crippen LogP contribution in [0.15, 0.2) is 18.3 Å². The molecule has 23 heavy (non-hydrogen) atoms. The van der Waals surface area contributed by atoms with E-state index < -0.39 is 0 Å². The molecule has 1 N–H and O–H groups in total. The monoisotopic (exact) mass is 314 g/mol. The van der Waals surface area contributed by atoms with Gasteiger partial charge in [-0.3, -0.25) is 4.79 Å². The second kappa shape index (κ2) is 6.36. The van der Waals surface area contributed by atoms with Crippen LogP contribution in [0.1, 0.15) is 35.4 Å². The Hall–Kier alpha value is -2.44. The Morgan fingerprint density at radius 1 is 1.39 bits per heavy atom. The number of pyridine rings is 1. The maximum atomic E-state index is 12.4. The van der Waals surface area contributed by atoms with Crippen molar-refractivity contribution < 1.29 is 4.79 Å². The molecule has 3 heterocycles. The fourth-order valence-electron chi connectivity index (χ4n) is 2.82. The van der Waals surface area contributed by atoms with E-state index in [1.165, 1.54) is 0 Å². The summed E-state index contributed by atoms with van der Waals surface area (Å²) in [6, 6.07) is 3.76. The van der Waals surface area contributed by atoms with E-state index in [2.05, 4.69) is 32.0 Å². The highest BCUT2D eigenvalue weighted by molar-refractivity contribution is 5.94. The number of amides is 1. The molecule has 0 aliphatic carbocycles. The zero-order valence-corrected chi connectivity index (χ0v) is 13.8. The molecule has 2 aromatic heterocycles. The van der Waals surface area contributed by atoms with Crippen molar-refractivity contribution >= 4 is 11.7 Å². The lowest BCUT2D eigenvalue weighted by Crippen LogP contribution is -2.41. The zero-order chi connectivity index (χ0) is 16.4. The van der Waals surface area contributed by atoms with Gasteiger partial charge in [-0.1, -0.05) is 6.92 Å². The van der Waals surface area contributed by atoms with Crippen LogP contribution in [-0.2, 0) is 19.4 Å². The van der Waals surface area contributed by atoms with E-state index in [1.807, 2.05) is 31.1 Å². The molecule has 1 aliphatic rings. The highest BCUT2D eigenvalue weighted by atomic mass is 16.1. The van der Waals surface area contributed by atoms with Gasteiger partial charge in [0, 0.05) is 45.7 Å². The van der Waals surface area contributed by atoms with Gasteiger partial charge in [-0.15, -0.1) is 10.2 Å². The summed E-state index contributed by atoms with van der Waals surface area (Å²) in [6.45, 7) is 2.80. The molecule has 0 saturated carbocycles. The van der Waals surface area contributed by atoms with Crippen LogP contribution in [0.2, 0.25) is 0 Å². The Balaban J connectivity index is 1.66. The molecule has 1 amide bonds. The lowest BCUT2D eigenvalue weighted by Gasteiger charge is -2.25. The average molecular weight is 314 g/mol. The van der Waals surface area contributed by atoms with E-state index >= 15 is 0 Å². The number of aryl methyl sites for hydroxylation is 2. The standard InChI is InChI=1S/C16H22N6O/c1-4-13-19-20-15-8-6-12(10-22(13)15)18-16(23)11-5-7-14(17-9-11)21(2)3/h5,7,9,12H,4,6,8,10H2,1-3H3,(H,18,23)/t12-/m0/s1. The normalized spacial score (nSPS) is 16.7. The second-order valence-corrected chi connectivity index (χ2v) is 6.01. The molecule has 0 fully saturated rings. The predicted octanol–water partition coefficient (Wildman–Crippen LogP) is 1.05. The minimum atomic E-state index is -0.0811. The topological polar surface area (TPSA) is 75.9 Å². The lowest BCUT2D eigenvalue weighted by molar-refractivity contribution is 0.0927. The summed E-state index contributed by atoms with van der Waals surface area (Å²) in [6.07, 6.45) is 4.20. The van der Waals surface area contributed by atoms with Gasteiger partial charge >= 0.3 is 0 Å². The van der Waals surface area contributed by atoms with Gasteiger partial charge in [0.15, 0.2) is 0 Å². The summed E-state index contributed by atoms with van der Waals surface area (Å²) in [5, 5.41) is 11.5. The molecular weight excluding hydrogens is 292 g/mol. The van der Waals surface area contributed by atoms with E-state index in [9.17, 15) is 4.79 Å². The highest BCUT2D eigenvalue weighted by Gasteiger charge is 2.23. The van der Waals surface area contributed by atoms with E-state index in [0.717, 1.165) is 43.3 Å². The minimum absolute atomic E-state index is 0.0811. The number of rotatable bonds is 4. The van der Waals surface area contributed by atoms with Gasteiger partial charge in [-0.25, -0.2) is 4.98 Å². The first-order valence-corrected chi connectivity index (χ1v) is 7.93. The number of aromatic nitrogens is 4. The third-order valence-corrected chi connectivity index (χ3v) is 4.14. The molecule has 0 saturated heterocycles. The molecule has 0 spiro atoms. The maximum absolute atomic E-state index is 12.4. The molecular formula is C16H22N6O. The molecule has 3 rings (SSSR count). The average Bonchev–Trinajstić information content (AvgIpc) is 2.97. The first-order valence-electron chi connectivity index (χ1n) is 7.93. The SMILES string of the molecule is CCc1nnc2n1C[C@@H](NC(=O)c1ccc(N(C)C)nc1)CC2. The molecule has 1 aliphatic heterocycles. The quantitative estimate of drug-likeness (QED) is 0.913. The molecule has 0 aromatic carbocycles. The molecule has 7 nitrogen and oxygen atoms in total. The number of nitrogens with zero attached hydrogens (tertiary/aromatic N) is 5. The molecule has 1 atom stereocenters. The van der Waals surface area contributed by atoms with Crippen molar-refractivity contribution in [3.05, 3.63) is 35.5 Å². The van der Waals surface area contributed by atoms with Gasteiger partial charge in [-0.2, -0.15) is 0 Å². The van der Waals surface area contributed by atoms with Crippen molar-refractivity contribution in [3.8, 4) is 0 Å². The van der Waals surface area contributed by atoms with Gasteiger partial charge in [-0.05, 0) is 18.6 Å². The van der Waals surface area contributed by atoms with Crippen LogP contribution in [0.4, 0.5) is 5.82 Å². The van der Waals surface area contributed by atoms with Crippen molar-refractivity contribution in [2.24, 2.45) is 0 Å². The van der Waals surface area contributed by atoms with Crippen LogP contribution in [0.25, 0.3) is 0 Å². The number of carbonyl (C=O) groups is 1. The minimum Gasteiger partial charge on any atom is -0.363 e. The molecule has 122 valence electrons. The predicted molar refractivity (Wildman–Crippen MR) is 87.5 cm³/mol. The number of hydrogen-bond donors (Lipinski definition) is 1. The van der Waals surface area contributed by atoms with Crippen LogP contribution >= 0.6 is 0 Å². The van der Waals surface area contributed by atoms with Crippen LogP contribution < -0.4 is 10.2 Å². The molecule has 0 bridgehead atoms. The van der Waals surface area contributed by atoms with Crippen LogP contribution in [0, 0.1) is 0 Å². The molecule has 2 aromatic rings. The highest BCUT2D eigenvalue weighted by Crippen LogP contribution is 2.16. The molecule has 0 radical (unpaired) electrons. The zero-order valence-electron chi connectivity index (χ0n) is 13.8. The van der Waals surface area contributed by atoms with Gasteiger partial charge in [0.05, 0.1) is 5.56 Å². The van der Waals surface area contributed by atoms with Crippen LogP contribution in [0.5, 0.6) is 0 Å². The third-order valence-electron chi connectivity index (χ3n) is 4.14. The summed E-state index contributed by atoms with van der Waals surface area (Å²) >= 11 is 0. The fraction of sp³-hybridized carbons (Fsp3) is 0.500. The summed E-state index contributed by atoms with van der Waals surface area (Å²) in [4.78, 5) is 18.6. The molecule has 7 heteroatoms. The van der Waals surface area contributed by atoms with Crippen molar-refractivity contribution in [2.45, 2.75) is 38.8 Å². The number of carbonyl (C=O) groups excluding carboxylic acids is 1. The Morgan fingerprint density at radius 3 is 2.87 bits per heavy atom. The Bertz CT molecular complexity index is 678. The lowest BCUT2D eigenvalue weighted by atomic mass is 10.1. The first kappa shape index (κ1) is 15.5. The first-order chi connectivity index (χ1) is 11.1. The number of anilines is 1. The summed E-state index contributed by atoms with van der Waals surface area (Å²) in [5.74, 6) is 2.75. The van der Waals surface area contributed by atoms with E-state index in [1.54, 1.807) is 6.20 Å². The number of nitrogens with one attached hydrogen (secondary N) is 1. The molecule has 0 unspecified atom stereocenters. The second-order valence-electron chi connectivity index (χ2n) is 6.01. The smallest absolute Gasteiger partial charge is 0.253 e. The van der Waals surface area contributed by atoms with Crippen molar-refractivity contribution in [1.82, 2.24) is 25.1 Å². The summed E-state index contributed by atoms with van der Waals surface area (Å²) < 4.78 is 2.13. The van der Waals surface area contributed by atoms with Crippen molar-refractivity contribution in [2.75, 3.05) is 19.0 Å². The Kier molecular flexibility index (Phi) is 4.27. The van der Waals surface area contributed by atoms with Crippen LogP contribution in [-0.4, -0.2) is 45.8 Å². The summed E-state index contributed by atoms with van der Waals surface area (Å²) in [5.41, 5.74) is 0.584. The van der Waals surface area contributed by atoms with Crippen molar-refractivity contribution in [1.29, 1.82) is 0 Å². The van der Waals surface area contributed by atoms with E-state index in [4.69, 9.17) is 0 Å². The van der Waals surface area contributed by atoms with Gasteiger partial charge in [0.1, 0.15) is 17.5 Å². The largest absolute Gasteiger partial charge is 0.363 e. The van der Waals surface area contributed by atoms with E-state index in [-0.39, 0.29) is 11.9 Å². The van der Waals surface area contributed by atoms with Crippen LogP contribution in [0.3, 0.4) is 0 Å². The van der Waals surface area contributed by atoms with Gasteiger partial charge in [0.25, 0.3) is 5.91 Å². The summed E-state index contributed by atoms with van der Waals surface area (Å²) in [7, 11) is 3.85. The van der Waals surface area contributed by atoms with Gasteiger partial charge < -0.3 is 14.8 Å². The fourth-order valence-corrected chi connectivity index (χ4v) is 2.82. The third kappa shape index (κ3) is 3.18.